The van der Waals surface area contributed by atoms with Crippen molar-refractivity contribution in [3.63, 3.8) is 0 Å². The average molecular weight is 464 g/mol. The third-order valence-electron chi connectivity index (χ3n) is 7.10. The molecule has 0 spiro atoms. The van der Waals surface area contributed by atoms with Gasteiger partial charge < -0.3 is 35.3 Å². The molecule has 5 rings (SSSR count). The van der Waals surface area contributed by atoms with E-state index in [1.165, 1.54) is 19.2 Å². The van der Waals surface area contributed by atoms with Crippen LogP contribution in [0.25, 0.3) is 0 Å². The molecule has 1 saturated carbocycles. The molecular formula is C26H26NO7+. The number of phenolic OH excluding ortho intramolecular Hbond substituents is 1. The Kier molecular flexibility index (Phi) is 4.96. The summed E-state index contributed by atoms with van der Waals surface area (Å²) < 4.78 is 16.3. The Labute approximate surface area is 196 Å². The standard InChI is InChI=1S/C26H25NO7/c1-32-17-12-18(33-2)22-19(13-17)34-26(15-8-10-16(28)11-9-15)21(14-6-4-3-5-7-14)20(24(27)30)23(29)25(22,26)31/h3-13,20-21,23,28-29,31H,1-2H3,(H2,27,30)/p+1/t20-,21-,23?,25-,26-/m1/s1. The molecule has 1 fully saturated rings. The number of methoxy groups -OCH3 is 1. The third kappa shape index (κ3) is 2.69. The highest BCUT2D eigenvalue weighted by Gasteiger charge is 2.78. The van der Waals surface area contributed by atoms with Crippen LogP contribution in [0.1, 0.15) is 22.6 Å². The lowest BCUT2D eigenvalue weighted by atomic mass is 9.70. The van der Waals surface area contributed by atoms with E-state index < -0.39 is 35.0 Å². The average Bonchev–Trinajstić information content (AvgIpc) is 3.22. The minimum atomic E-state index is -2.10. The van der Waals surface area contributed by atoms with E-state index >= 15 is 0 Å². The number of hydrogen-bond donors (Lipinski definition) is 4. The highest BCUT2D eigenvalue weighted by molar-refractivity contribution is 5.81. The number of fused-ring (bicyclic) bond motifs is 3. The first-order valence-corrected chi connectivity index (χ1v) is 10.8. The van der Waals surface area contributed by atoms with Crippen molar-refractivity contribution in [1.82, 2.24) is 0 Å². The topological polar surface area (TPSA) is 135 Å². The quantitative estimate of drug-likeness (QED) is 0.427. The van der Waals surface area contributed by atoms with Crippen LogP contribution in [0, 0.1) is 5.92 Å². The third-order valence-corrected chi connectivity index (χ3v) is 7.10. The van der Waals surface area contributed by atoms with Crippen LogP contribution in [-0.4, -0.2) is 46.3 Å². The molecule has 1 aliphatic carbocycles. The summed E-state index contributed by atoms with van der Waals surface area (Å²) in [5, 5.41) is 34.1. The Balaban J connectivity index is 1.89. The lowest BCUT2D eigenvalue weighted by Crippen LogP contribution is -2.52. The van der Waals surface area contributed by atoms with E-state index in [-0.39, 0.29) is 17.1 Å². The monoisotopic (exact) mass is 464 g/mol. The van der Waals surface area contributed by atoms with Gasteiger partial charge in [-0.3, -0.25) is 4.79 Å². The molecule has 0 radical (unpaired) electrons. The molecule has 1 aliphatic heterocycles. The first kappa shape index (κ1) is 22.1. The zero-order chi connectivity index (χ0) is 24.3. The zero-order valence-corrected chi connectivity index (χ0v) is 18.7. The fraction of sp³-hybridized carbons (Fsp3) is 0.269. The van der Waals surface area contributed by atoms with Crippen LogP contribution < -0.4 is 15.2 Å². The summed E-state index contributed by atoms with van der Waals surface area (Å²) in [6.45, 7) is 0. The number of carbonyl (C=O) groups is 1. The van der Waals surface area contributed by atoms with Gasteiger partial charge in [-0.1, -0.05) is 42.5 Å². The summed E-state index contributed by atoms with van der Waals surface area (Å²) in [4.78, 5) is 12.8. The van der Waals surface area contributed by atoms with Crippen LogP contribution in [0.15, 0.2) is 66.7 Å². The van der Waals surface area contributed by atoms with Crippen LogP contribution >= 0.6 is 0 Å². The number of rotatable bonds is 5. The van der Waals surface area contributed by atoms with Crippen molar-refractivity contribution in [1.29, 1.82) is 0 Å². The minimum Gasteiger partial charge on any atom is -0.584 e. The number of primary amides is 1. The van der Waals surface area contributed by atoms with Crippen LogP contribution in [-0.2, 0) is 16.0 Å². The lowest BCUT2D eigenvalue weighted by Gasteiger charge is -2.40. The van der Waals surface area contributed by atoms with E-state index in [1.54, 1.807) is 55.6 Å². The maximum absolute atomic E-state index is 12.8. The second-order valence-electron chi connectivity index (χ2n) is 8.66. The normalized spacial score (nSPS) is 29.1. The molecule has 0 saturated heterocycles. The summed E-state index contributed by atoms with van der Waals surface area (Å²) in [7, 11) is 3.06. The number of phenols is 1. The molecule has 1 unspecified atom stereocenters. The Morgan fingerprint density at radius 1 is 1.12 bits per heavy atom. The maximum Gasteiger partial charge on any atom is 0.268 e. The number of ether oxygens (including phenoxy) is 3. The van der Waals surface area contributed by atoms with E-state index in [0.29, 0.717) is 22.6 Å². The molecule has 8 nitrogen and oxygen atoms in total. The number of amides is 1. The van der Waals surface area contributed by atoms with Crippen molar-refractivity contribution in [3.05, 3.63) is 83.4 Å². The van der Waals surface area contributed by atoms with Crippen LogP contribution in [0.2, 0.25) is 0 Å². The summed E-state index contributed by atoms with van der Waals surface area (Å²) in [5.74, 6) is -1.70. The molecule has 8 heteroatoms. The van der Waals surface area contributed by atoms with Crippen LogP contribution in [0.5, 0.6) is 23.0 Å². The molecule has 0 aromatic heterocycles. The fourth-order valence-corrected chi connectivity index (χ4v) is 5.72. The van der Waals surface area contributed by atoms with Gasteiger partial charge in [-0.2, -0.15) is 0 Å². The van der Waals surface area contributed by atoms with Crippen molar-refractivity contribution < 1.29 is 34.3 Å². The predicted octanol–water partition coefficient (Wildman–Crippen LogP) is 2.01. The van der Waals surface area contributed by atoms with Gasteiger partial charge in [0.25, 0.3) is 5.75 Å². The largest absolute Gasteiger partial charge is 0.584 e. The van der Waals surface area contributed by atoms with E-state index in [4.69, 9.17) is 15.2 Å². The molecule has 1 amide bonds. The Hall–Kier alpha value is -3.75. The highest BCUT2D eigenvalue weighted by Crippen LogP contribution is 2.70. The van der Waals surface area contributed by atoms with Gasteiger partial charge in [-0.05, 0) is 23.3 Å². The van der Waals surface area contributed by atoms with Crippen LogP contribution in [0.4, 0.5) is 0 Å². The number of nitrogens with two attached hydrogens (primary N) is 1. The smallest absolute Gasteiger partial charge is 0.268 e. The molecule has 0 bridgehead atoms. The van der Waals surface area contributed by atoms with Gasteiger partial charge in [0.1, 0.15) is 28.9 Å². The van der Waals surface area contributed by atoms with Crippen molar-refractivity contribution >= 4 is 5.91 Å². The molecule has 5 atom stereocenters. The molecule has 3 aromatic carbocycles. The van der Waals surface area contributed by atoms with Gasteiger partial charge >= 0.3 is 0 Å². The molecule has 176 valence electrons. The van der Waals surface area contributed by atoms with Crippen LogP contribution in [0.3, 0.4) is 0 Å². The lowest BCUT2D eigenvalue weighted by molar-refractivity contribution is -0.155. The summed E-state index contributed by atoms with van der Waals surface area (Å²) in [6.07, 6.45) is -1.61. The first-order chi connectivity index (χ1) is 16.3. The Morgan fingerprint density at radius 2 is 1.79 bits per heavy atom. The second kappa shape index (κ2) is 7.65. The summed E-state index contributed by atoms with van der Waals surface area (Å²) >= 11 is 0. The number of aromatic hydroxyl groups is 2. The number of carbonyl (C=O) groups excluding carboxylic acids is 1. The molecule has 1 heterocycles. The molecular weight excluding hydrogens is 438 g/mol. The molecule has 34 heavy (non-hydrogen) atoms. The number of hydrogen-bond acceptors (Lipinski definition) is 6. The summed E-state index contributed by atoms with van der Waals surface area (Å²) in [6, 6.07) is 18.5. The first-order valence-electron chi connectivity index (χ1n) is 10.8. The SMILES string of the molecule is COc1cc2c(c([OH+]C)c1)[C@@]1(O)C(O)[C@H](C(N)=O)[C@@H](c3ccccc3)[C@@]1(c1ccc(O)cc1)O2. The predicted molar refractivity (Wildman–Crippen MR) is 123 cm³/mol. The molecule has 3 aromatic rings. The van der Waals surface area contributed by atoms with Gasteiger partial charge in [0.05, 0.1) is 19.1 Å². The summed E-state index contributed by atoms with van der Waals surface area (Å²) in [5.41, 5.74) is 3.44. The fourth-order valence-electron chi connectivity index (χ4n) is 5.72. The maximum atomic E-state index is 12.8. The number of aliphatic hydroxyl groups excluding tert-OH is 1. The highest BCUT2D eigenvalue weighted by atomic mass is 16.5. The van der Waals surface area contributed by atoms with Gasteiger partial charge in [-0.25, -0.2) is 0 Å². The number of aliphatic hydroxyl groups is 3. The van der Waals surface area contributed by atoms with Crippen molar-refractivity contribution in [2.75, 3.05) is 14.2 Å². The second-order valence-corrected chi connectivity index (χ2v) is 8.66. The van der Waals surface area contributed by atoms with Gasteiger partial charge in [0.15, 0.2) is 18.3 Å². The van der Waals surface area contributed by atoms with E-state index in [0.717, 1.165) is 0 Å². The van der Waals surface area contributed by atoms with Crippen molar-refractivity contribution in [2.45, 2.75) is 23.2 Å². The van der Waals surface area contributed by atoms with E-state index in [1.807, 2.05) is 6.07 Å². The van der Waals surface area contributed by atoms with Gasteiger partial charge in [-0.15, -0.1) is 0 Å². The van der Waals surface area contributed by atoms with Gasteiger partial charge in [0, 0.05) is 12.0 Å². The minimum absolute atomic E-state index is 0.0198. The number of benzene rings is 3. The van der Waals surface area contributed by atoms with Crippen molar-refractivity contribution in [3.8, 4) is 23.0 Å². The zero-order valence-electron chi connectivity index (χ0n) is 18.7. The Bertz CT molecular complexity index is 1250. The molecule has 6 N–H and O–H groups in total. The molecule has 2 aliphatic rings. The van der Waals surface area contributed by atoms with E-state index in [9.17, 15) is 20.1 Å². The van der Waals surface area contributed by atoms with E-state index in [2.05, 4.69) is 4.74 Å². The Morgan fingerprint density at radius 3 is 2.38 bits per heavy atom. The van der Waals surface area contributed by atoms with Crippen molar-refractivity contribution in [2.24, 2.45) is 11.7 Å². The van der Waals surface area contributed by atoms with Gasteiger partial charge in [0.2, 0.25) is 5.91 Å².